The number of fused-ring (bicyclic) bond motifs is 1. The fraction of sp³-hybridized carbons (Fsp3) is 0.632. The number of rotatable bonds is 4. The summed E-state index contributed by atoms with van der Waals surface area (Å²) >= 11 is 0. The Morgan fingerprint density at radius 1 is 1.24 bits per heavy atom. The lowest BCUT2D eigenvalue weighted by Gasteiger charge is -2.31. The summed E-state index contributed by atoms with van der Waals surface area (Å²) in [7, 11) is 0. The minimum Gasteiger partial charge on any atom is -0.493 e. The minimum atomic E-state index is -0.135. The first-order valence-electron chi connectivity index (χ1n) is 8.42. The Morgan fingerprint density at radius 3 is 2.71 bits per heavy atom. The maximum Gasteiger partial charge on any atom is 0.172 e. The Labute approximate surface area is 127 Å². The van der Waals surface area contributed by atoms with Crippen molar-refractivity contribution in [3.8, 4) is 5.75 Å². The smallest absolute Gasteiger partial charge is 0.172 e. The van der Waals surface area contributed by atoms with Gasteiger partial charge in [-0.25, -0.2) is 0 Å². The zero-order valence-electron chi connectivity index (χ0n) is 13.3. The van der Waals surface area contributed by atoms with Crippen LogP contribution in [0, 0.1) is 11.3 Å². The van der Waals surface area contributed by atoms with Crippen molar-refractivity contribution in [1.82, 2.24) is 0 Å². The van der Waals surface area contributed by atoms with Gasteiger partial charge in [0.25, 0.3) is 0 Å². The highest BCUT2D eigenvalue weighted by molar-refractivity contribution is 6.03. The van der Waals surface area contributed by atoms with Crippen molar-refractivity contribution in [3.05, 3.63) is 29.3 Å². The van der Waals surface area contributed by atoms with Gasteiger partial charge in [-0.3, -0.25) is 4.79 Å². The van der Waals surface area contributed by atoms with Crippen LogP contribution in [0.2, 0.25) is 0 Å². The van der Waals surface area contributed by atoms with E-state index >= 15 is 0 Å². The number of carbonyl (C=O) groups excluding carboxylic acids is 1. The van der Waals surface area contributed by atoms with Gasteiger partial charge in [0.1, 0.15) is 5.75 Å². The second-order valence-electron chi connectivity index (χ2n) is 7.16. The van der Waals surface area contributed by atoms with E-state index in [1.165, 1.54) is 18.4 Å². The molecule has 1 heterocycles. The van der Waals surface area contributed by atoms with Gasteiger partial charge in [-0.2, -0.15) is 0 Å². The highest BCUT2D eigenvalue weighted by Gasteiger charge is 2.42. The first kappa shape index (κ1) is 14.6. The molecule has 3 rings (SSSR count). The molecular weight excluding hydrogens is 260 g/mol. The Kier molecular flexibility index (Phi) is 4.05. The Balaban J connectivity index is 1.97. The minimum absolute atomic E-state index is 0.135. The third kappa shape index (κ3) is 2.73. The van der Waals surface area contributed by atoms with Gasteiger partial charge in [0.2, 0.25) is 0 Å². The lowest BCUT2D eigenvalue weighted by Crippen LogP contribution is -2.31. The SMILES string of the molecule is CC(C)CC1(C(=O)c2cccc3c2OCCC3)CCCC1. The van der Waals surface area contributed by atoms with Crippen LogP contribution in [0.5, 0.6) is 5.75 Å². The normalized spacial score (nSPS) is 20.1. The Bertz CT molecular complexity index is 524. The largest absolute Gasteiger partial charge is 0.493 e. The lowest BCUT2D eigenvalue weighted by atomic mass is 9.72. The molecule has 21 heavy (non-hydrogen) atoms. The van der Waals surface area contributed by atoms with E-state index in [0.29, 0.717) is 11.7 Å². The quantitative estimate of drug-likeness (QED) is 0.743. The van der Waals surface area contributed by atoms with Crippen LogP contribution in [0.1, 0.15) is 68.3 Å². The molecule has 1 aromatic rings. The summed E-state index contributed by atoms with van der Waals surface area (Å²) in [5, 5.41) is 0. The fourth-order valence-electron chi connectivity index (χ4n) is 4.21. The van der Waals surface area contributed by atoms with E-state index in [2.05, 4.69) is 19.9 Å². The number of aryl methyl sites for hydroxylation is 1. The molecule has 1 aliphatic heterocycles. The molecule has 0 N–H and O–H groups in total. The monoisotopic (exact) mass is 286 g/mol. The molecule has 0 unspecified atom stereocenters. The maximum atomic E-state index is 13.3. The molecular formula is C19H26O2. The molecule has 0 saturated heterocycles. The molecule has 0 atom stereocenters. The molecule has 0 aromatic heterocycles. The summed E-state index contributed by atoms with van der Waals surface area (Å²) in [4.78, 5) is 13.3. The fourth-order valence-corrected chi connectivity index (χ4v) is 4.21. The molecule has 1 aromatic carbocycles. The first-order chi connectivity index (χ1) is 10.1. The maximum absolute atomic E-state index is 13.3. The van der Waals surface area contributed by atoms with Crippen molar-refractivity contribution in [2.75, 3.05) is 6.61 Å². The summed E-state index contributed by atoms with van der Waals surface area (Å²) in [5.41, 5.74) is 1.92. The van der Waals surface area contributed by atoms with Gasteiger partial charge in [0.15, 0.2) is 5.78 Å². The molecule has 114 valence electrons. The van der Waals surface area contributed by atoms with Crippen LogP contribution in [0.15, 0.2) is 18.2 Å². The van der Waals surface area contributed by atoms with Gasteiger partial charge < -0.3 is 4.74 Å². The molecule has 2 heteroatoms. The van der Waals surface area contributed by atoms with Gasteiger partial charge in [0.05, 0.1) is 12.2 Å². The predicted molar refractivity (Wildman–Crippen MR) is 84.9 cm³/mol. The molecule has 0 spiro atoms. The summed E-state index contributed by atoms with van der Waals surface area (Å²) in [6, 6.07) is 6.11. The van der Waals surface area contributed by atoms with E-state index < -0.39 is 0 Å². The van der Waals surface area contributed by atoms with Crippen LogP contribution in [-0.4, -0.2) is 12.4 Å². The van der Waals surface area contributed by atoms with Crippen LogP contribution in [0.3, 0.4) is 0 Å². The van der Waals surface area contributed by atoms with E-state index in [1.54, 1.807) is 0 Å². The molecule has 0 radical (unpaired) electrons. The summed E-state index contributed by atoms with van der Waals surface area (Å²) < 4.78 is 5.86. The van der Waals surface area contributed by atoms with Gasteiger partial charge in [0, 0.05) is 5.41 Å². The lowest BCUT2D eigenvalue weighted by molar-refractivity contribution is 0.0754. The summed E-state index contributed by atoms with van der Waals surface area (Å²) in [6.07, 6.45) is 7.58. The number of benzene rings is 1. The van der Waals surface area contributed by atoms with Crippen molar-refractivity contribution in [3.63, 3.8) is 0 Å². The standard InChI is InChI=1S/C19H26O2/c1-14(2)13-19(10-3-4-11-19)18(20)16-9-5-7-15-8-6-12-21-17(15)16/h5,7,9,14H,3-4,6,8,10-13H2,1-2H3. The molecule has 2 nitrogen and oxygen atoms in total. The number of para-hydroxylation sites is 1. The van der Waals surface area contributed by atoms with Crippen LogP contribution < -0.4 is 4.74 Å². The number of carbonyl (C=O) groups is 1. The van der Waals surface area contributed by atoms with E-state index in [4.69, 9.17) is 4.74 Å². The van der Waals surface area contributed by atoms with Gasteiger partial charge in [-0.05, 0) is 49.7 Å². The van der Waals surface area contributed by atoms with Crippen molar-refractivity contribution < 1.29 is 9.53 Å². The van der Waals surface area contributed by atoms with E-state index in [0.717, 1.165) is 50.0 Å². The highest BCUT2D eigenvalue weighted by Crippen LogP contribution is 2.47. The second kappa shape index (κ2) is 5.82. The number of ketones is 1. The average Bonchev–Trinajstić information content (AvgIpc) is 2.95. The summed E-state index contributed by atoms with van der Waals surface area (Å²) in [6.45, 7) is 5.20. The van der Waals surface area contributed by atoms with Gasteiger partial charge in [-0.15, -0.1) is 0 Å². The van der Waals surface area contributed by atoms with Crippen molar-refractivity contribution >= 4 is 5.78 Å². The van der Waals surface area contributed by atoms with E-state index in [9.17, 15) is 4.79 Å². The van der Waals surface area contributed by atoms with Crippen LogP contribution in [0.4, 0.5) is 0 Å². The van der Waals surface area contributed by atoms with Gasteiger partial charge in [-0.1, -0.05) is 38.8 Å². The Morgan fingerprint density at radius 2 is 2.00 bits per heavy atom. The molecule has 1 saturated carbocycles. The highest BCUT2D eigenvalue weighted by atomic mass is 16.5. The van der Waals surface area contributed by atoms with E-state index in [-0.39, 0.29) is 5.41 Å². The zero-order chi connectivity index (χ0) is 14.9. The van der Waals surface area contributed by atoms with E-state index in [1.807, 2.05) is 12.1 Å². The van der Waals surface area contributed by atoms with Crippen LogP contribution in [-0.2, 0) is 6.42 Å². The van der Waals surface area contributed by atoms with Crippen molar-refractivity contribution in [2.45, 2.75) is 58.8 Å². The number of Topliss-reactive ketones (excluding diaryl/α,β-unsaturated/α-hetero) is 1. The third-order valence-corrected chi connectivity index (χ3v) is 5.02. The average molecular weight is 286 g/mol. The topological polar surface area (TPSA) is 26.3 Å². The summed E-state index contributed by atoms with van der Waals surface area (Å²) in [5.74, 6) is 1.78. The molecule has 0 bridgehead atoms. The zero-order valence-corrected chi connectivity index (χ0v) is 13.3. The molecule has 1 fully saturated rings. The second-order valence-corrected chi connectivity index (χ2v) is 7.16. The third-order valence-electron chi connectivity index (χ3n) is 5.02. The first-order valence-corrected chi connectivity index (χ1v) is 8.42. The molecule has 2 aliphatic rings. The number of ether oxygens (including phenoxy) is 1. The van der Waals surface area contributed by atoms with Crippen molar-refractivity contribution in [2.24, 2.45) is 11.3 Å². The van der Waals surface area contributed by atoms with Crippen LogP contribution in [0.25, 0.3) is 0 Å². The number of hydrogen-bond donors (Lipinski definition) is 0. The van der Waals surface area contributed by atoms with Crippen molar-refractivity contribution in [1.29, 1.82) is 0 Å². The van der Waals surface area contributed by atoms with Gasteiger partial charge >= 0.3 is 0 Å². The molecule has 0 amide bonds. The Hall–Kier alpha value is -1.31. The molecule has 1 aliphatic carbocycles. The number of hydrogen-bond acceptors (Lipinski definition) is 2. The predicted octanol–water partition coefficient (Wildman–Crippen LogP) is 4.80. The van der Waals surface area contributed by atoms with Crippen LogP contribution >= 0.6 is 0 Å².